The van der Waals surface area contributed by atoms with Gasteiger partial charge in [-0.2, -0.15) is 0 Å². The Labute approximate surface area is 204 Å². The Morgan fingerprint density at radius 3 is 2.60 bits per heavy atom. The van der Waals surface area contributed by atoms with Crippen molar-refractivity contribution in [3.63, 3.8) is 0 Å². The van der Waals surface area contributed by atoms with Gasteiger partial charge in [-0.1, -0.05) is 50.2 Å². The summed E-state index contributed by atoms with van der Waals surface area (Å²) in [5, 5.41) is 16.8. The molecule has 0 spiro atoms. The molecule has 0 saturated carbocycles. The van der Waals surface area contributed by atoms with E-state index in [1.54, 1.807) is 18.2 Å². The standard InChI is InChI=1S/C27H27FN2O4S/c1-27(2)14-22-26(35(32,33)16-27)24(30-25-21(29-22)9-6-10-23(25)31)19-12-11-18(13-20(19)28)34-15-17-7-4-3-5-8-17/h3-13,24,29-31H,14-16H2,1-2H3. The maximum absolute atomic E-state index is 15.5. The molecule has 0 aromatic heterocycles. The summed E-state index contributed by atoms with van der Waals surface area (Å²) in [5.74, 6) is -0.369. The van der Waals surface area contributed by atoms with Gasteiger partial charge < -0.3 is 20.5 Å². The van der Waals surface area contributed by atoms with Crippen LogP contribution >= 0.6 is 0 Å². The largest absolute Gasteiger partial charge is 0.506 e. The van der Waals surface area contributed by atoms with E-state index in [1.807, 2.05) is 44.2 Å². The van der Waals surface area contributed by atoms with Gasteiger partial charge in [-0.15, -0.1) is 0 Å². The number of allylic oxidation sites excluding steroid dienone is 1. The van der Waals surface area contributed by atoms with E-state index >= 15 is 4.39 Å². The van der Waals surface area contributed by atoms with Crippen LogP contribution in [-0.4, -0.2) is 19.3 Å². The van der Waals surface area contributed by atoms with Gasteiger partial charge in [-0.3, -0.25) is 0 Å². The zero-order valence-corrected chi connectivity index (χ0v) is 20.3. The Morgan fingerprint density at radius 2 is 1.86 bits per heavy atom. The molecule has 8 heteroatoms. The van der Waals surface area contributed by atoms with Gasteiger partial charge in [0.05, 0.1) is 22.4 Å². The van der Waals surface area contributed by atoms with Gasteiger partial charge in [0.15, 0.2) is 9.84 Å². The zero-order valence-electron chi connectivity index (χ0n) is 19.5. The molecule has 0 bridgehead atoms. The van der Waals surface area contributed by atoms with E-state index in [1.165, 1.54) is 18.2 Å². The van der Waals surface area contributed by atoms with Crippen LogP contribution in [0.15, 0.2) is 77.3 Å². The quantitative estimate of drug-likeness (QED) is 0.401. The van der Waals surface area contributed by atoms with E-state index < -0.39 is 27.1 Å². The number of aromatic hydroxyl groups is 1. The number of fused-ring (bicyclic) bond motifs is 1. The van der Waals surface area contributed by atoms with Gasteiger partial charge in [0, 0.05) is 17.3 Å². The molecule has 3 N–H and O–H groups in total. The molecule has 0 fully saturated rings. The van der Waals surface area contributed by atoms with Crippen LogP contribution in [0.1, 0.15) is 37.4 Å². The second kappa shape index (κ2) is 8.61. The average molecular weight is 495 g/mol. The molecule has 5 rings (SSSR count). The maximum atomic E-state index is 15.5. The number of ether oxygens (including phenoxy) is 1. The van der Waals surface area contributed by atoms with Gasteiger partial charge in [0.1, 0.15) is 29.6 Å². The maximum Gasteiger partial charge on any atom is 0.179 e. The Bertz CT molecular complexity index is 1420. The second-order valence-electron chi connectivity index (χ2n) is 9.80. The van der Waals surface area contributed by atoms with E-state index in [0.717, 1.165) is 5.56 Å². The third-order valence-electron chi connectivity index (χ3n) is 6.28. The molecule has 182 valence electrons. The lowest BCUT2D eigenvalue weighted by Crippen LogP contribution is -2.35. The van der Waals surface area contributed by atoms with Crippen molar-refractivity contribution >= 4 is 21.2 Å². The minimum atomic E-state index is -3.74. The highest BCUT2D eigenvalue weighted by Gasteiger charge is 2.43. The van der Waals surface area contributed by atoms with Crippen molar-refractivity contribution in [2.24, 2.45) is 5.41 Å². The first-order valence-corrected chi connectivity index (χ1v) is 13.1. The summed E-state index contributed by atoms with van der Waals surface area (Å²) >= 11 is 0. The van der Waals surface area contributed by atoms with E-state index in [2.05, 4.69) is 10.6 Å². The predicted octanol–water partition coefficient (Wildman–Crippen LogP) is 5.75. The van der Waals surface area contributed by atoms with Crippen LogP contribution < -0.4 is 15.4 Å². The van der Waals surface area contributed by atoms with Crippen molar-refractivity contribution in [1.82, 2.24) is 0 Å². The van der Waals surface area contributed by atoms with Crippen LogP contribution in [0, 0.1) is 11.2 Å². The summed E-state index contributed by atoms with van der Waals surface area (Å²) in [6.45, 7) is 4.07. The fourth-order valence-electron chi connectivity index (χ4n) is 4.82. The number of phenolic OH excluding ortho intramolecular Hbond substituents is 1. The molecule has 3 aromatic carbocycles. The van der Waals surface area contributed by atoms with E-state index in [-0.39, 0.29) is 28.6 Å². The fraction of sp³-hybridized carbons (Fsp3) is 0.259. The van der Waals surface area contributed by atoms with Crippen LogP contribution in [0.3, 0.4) is 0 Å². The Kier molecular flexibility index (Phi) is 5.71. The molecule has 0 amide bonds. The van der Waals surface area contributed by atoms with E-state index in [4.69, 9.17) is 4.74 Å². The number of sulfone groups is 1. The highest BCUT2D eigenvalue weighted by molar-refractivity contribution is 7.95. The van der Waals surface area contributed by atoms with E-state index in [9.17, 15) is 13.5 Å². The summed E-state index contributed by atoms with van der Waals surface area (Å²) in [7, 11) is -3.74. The average Bonchev–Trinajstić information content (AvgIpc) is 2.95. The SMILES string of the molecule is CC1(C)CC2=C(C(c3ccc(OCc4ccccc4)cc3F)Nc3c(O)cccc3N2)S(=O)(=O)C1. The highest BCUT2D eigenvalue weighted by atomic mass is 32.2. The molecule has 1 unspecified atom stereocenters. The van der Waals surface area contributed by atoms with Crippen molar-refractivity contribution in [3.8, 4) is 11.5 Å². The monoisotopic (exact) mass is 494 g/mol. The molecule has 1 atom stereocenters. The first kappa shape index (κ1) is 23.2. The van der Waals surface area contributed by atoms with Gasteiger partial charge >= 0.3 is 0 Å². The second-order valence-corrected chi connectivity index (χ2v) is 11.8. The van der Waals surface area contributed by atoms with Crippen molar-refractivity contribution in [1.29, 1.82) is 0 Å². The number of phenols is 1. The molecular weight excluding hydrogens is 467 g/mol. The molecule has 0 saturated heterocycles. The minimum Gasteiger partial charge on any atom is -0.506 e. The van der Waals surface area contributed by atoms with Crippen molar-refractivity contribution in [2.45, 2.75) is 32.9 Å². The van der Waals surface area contributed by atoms with Crippen LogP contribution in [0.2, 0.25) is 0 Å². The molecule has 2 aliphatic rings. The summed E-state index contributed by atoms with van der Waals surface area (Å²) in [6, 6.07) is 17.9. The molecule has 0 aliphatic carbocycles. The highest BCUT2D eigenvalue weighted by Crippen LogP contribution is 2.48. The number of anilines is 2. The summed E-state index contributed by atoms with van der Waals surface area (Å²) in [5.41, 5.74) is 1.98. The molecule has 6 nitrogen and oxygen atoms in total. The number of hydrogen-bond donors (Lipinski definition) is 3. The normalized spacial score (nSPS) is 20.0. The number of benzene rings is 3. The molecule has 35 heavy (non-hydrogen) atoms. The zero-order chi connectivity index (χ0) is 24.8. The lowest BCUT2D eigenvalue weighted by atomic mass is 9.88. The topological polar surface area (TPSA) is 87.7 Å². The van der Waals surface area contributed by atoms with Crippen LogP contribution in [0.4, 0.5) is 15.8 Å². The number of para-hydroxylation sites is 1. The van der Waals surface area contributed by atoms with Gasteiger partial charge in [-0.25, -0.2) is 12.8 Å². The number of rotatable bonds is 4. The van der Waals surface area contributed by atoms with Crippen molar-refractivity contribution in [2.75, 3.05) is 16.4 Å². The van der Waals surface area contributed by atoms with Crippen LogP contribution in [0.25, 0.3) is 0 Å². The first-order valence-electron chi connectivity index (χ1n) is 11.4. The smallest absolute Gasteiger partial charge is 0.179 e. The Balaban J connectivity index is 1.56. The molecule has 2 heterocycles. The van der Waals surface area contributed by atoms with Gasteiger partial charge in [-0.05, 0) is 41.7 Å². The lowest BCUT2D eigenvalue weighted by molar-refractivity contribution is 0.304. The molecule has 3 aromatic rings. The molecule has 2 aliphatic heterocycles. The summed E-state index contributed by atoms with van der Waals surface area (Å²) in [6.07, 6.45) is 0.467. The molecular formula is C27H27FN2O4S. The van der Waals surface area contributed by atoms with Gasteiger partial charge in [0.2, 0.25) is 0 Å². The van der Waals surface area contributed by atoms with Crippen LogP contribution in [-0.2, 0) is 16.4 Å². The fourth-order valence-corrected chi connectivity index (χ4v) is 7.15. The number of nitrogens with one attached hydrogen (secondary N) is 2. The number of halogens is 1. The Morgan fingerprint density at radius 1 is 1.09 bits per heavy atom. The summed E-state index contributed by atoms with van der Waals surface area (Å²) < 4.78 is 48.2. The predicted molar refractivity (Wildman–Crippen MR) is 134 cm³/mol. The molecule has 0 radical (unpaired) electrons. The van der Waals surface area contributed by atoms with Crippen molar-refractivity contribution in [3.05, 3.63) is 94.3 Å². The van der Waals surface area contributed by atoms with Crippen LogP contribution in [0.5, 0.6) is 11.5 Å². The van der Waals surface area contributed by atoms with Gasteiger partial charge in [0.25, 0.3) is 0 Å². The third-order valence-corrected chi connectivity index (χ3v) is 8.59. The van der Waals surface area contributed by atoms with E-state index in [0.29, 0.717) is 29.2 Å². The first-order chi connectivity index (χ1) is 16.6. The summed E-state index contributed by atoms with van der Waals surface area (Å²) in [4.78, 5) is 0.101. The Hall–Kier alpha value is -3.52. The minimum absolute atomic E-state index is 0.0547. The number of hydrogen-bond acceptors (Lipinski definition) is 6. The van der Waals surface area contributed by atoms with Crippen molar-refractivity contribution < 1.29 is 22.7 Å². The third kappa shape index (κ3) is 4.58. The lowest BCUT2D eigenvalue weighted by Gasteiger charge is -2.34.